The molecular formula is C14H23NO. The summed E-state index contributed by atoms with van der Waals surface area (Å²) in [7, 11) is 1.73. The van der Waals surface area contributed by atoms with E-state index in [1.54, 1.807) is 7.11 Å². The number of ether oxygens (including phenoxy) is 1. The minimum absolute atomic E-state index is 0.343. The maximum absolute atomic E-state index is 5.91. The molecule has 0 bridgehead atoms. The Balaban J connectivity index is 2.55. The van der Waals surface area contributed by atoms with Crippen molar-refractivity contribution in [2.75, 3.05) is 7.11 Å². The van der Waals surface area contributed by atoms with Gasteiger partial charge in [0.05, 0.1) is 7.11 Å². The number of rotatable bonds is 6. The van der Waals surface area contributed by atoms with Gasteiger partial charge in [0.2, 0.25) is 0 Å². The molecule has 1 atom stereocenters. The maximum atomic E-state index is 5.91. The summed E-state index contributed by atoms with van der Waals surface area (Å²) in [6.45, 7) is 4.25. The summed E-state index contributed by atoms with van der Waals surface area (Å²) in [6, 6.07) is 6.68. The normalized spacial score (nSPS) is 12.5. The Labute approximate surface area is 98.8 Å². The van der Waals surface area contributed by atoms with E-state index in [0.29, 0.717) is 6.04 Å². The molecule has 0 spiro atoms. The highest BCUT2D eigenvalue weighted by atomic mass is 16.5. The second-order valence-corrected chi connectivity index (χ2v) is 4.38. The fourth-order valence-corrected chi connectivity index (χ4v) is 1.86. The van der Waals surface area contributed by atoms with Gasteiger partial charge in [-0.15, -0.1) is 0 Å². The lowest BCUT2D eigenvalue weighted by atomic mass is 10.0. The first-order valence-electron chi connectivity index (χ1n) is 6.06. The summed E-state index contributed by atoms with van der Waals surface area (Å²) in [5.41, 5.74) is 8.49. The zero-order valence-electron chi connectivity index (χ0n) is 10.6. The highest BCUT2D eigenvalue weighted by Gasteiger charge is 2.04. The average Bonchev–Trinajstić information content (AvgIpc) is 2.29. The molecule has 0 fully saturated rings. The van der Waals surface area contributed by atoms with Crippen LogP contribution in [0.3, 0.4) is 0 Å². The van der Waals surface area contributed by atoms with Crippen molar-refractivity contribution < 1.29 is 4.74 Å². The molecule has 0 saturated carbocycles. The van der Waals surface area contributed by atoms with Crippen molar-refractivity contribution >= 4 is 0 Å². The Morgan fingerprint density at radius 1 is 1.38 bits per heavy atom. The van der Waals surface area contributed by atoms with Gasteiger partial charge < -0.3 is 10.5 Å². The molecule has 0 aromatic heterocycles. The first-order valence-corrected chi connectivity index (χ1v) is 6.06. The summed E-state index contributed by atoms with van der Waals surface area (Å²) in [6.07, 6.45) is 4.34. The standard InChI is InChI=1S/C14H23NO/c1-4-13(15)7-5-6-12-10-11(2)8-9-14(12)16-3/h8-10,13H,4-7,15H2,1-3H3. The molecule has 0 aliphatic carbocycles. The van der Waals surface area contributed by atoms with Crippen LogP contribution in [0.15, 0.2) is 18.2 Å². The van der Waals surface area contributed by atoms with E-state index in [1.807, 2.05) is 6.07 Å². The molecule has 1 rings (SSSR count). The van der Waals surface area contributed by atoms with Gasteiger partial charge in [-0.3, -0.25) is 0 Å². The minimum Gasteiger partial charge on any atom is -0.496 e. The molecule has 0 saturated heterocycles. The molecule has 0 aliphatic rings. The van der Waals surface area contributed by atoms with Gasteiger partial charge in [0.1, 0.15) is 5.75 Å². The van der Waals surface area contributed by atoms with Crippen LogP contribution in [-0.2, 0) is 6.42 Å². The van der Waals surface area contributed by atoms with Gasteiger partial charge in [-0.25, -0.2) is 0 Å². The first-order chi connectivity index (χ1) is 7.67. The second-order valence-electron chi connectivity index (χ2n) is 4.38. The molecule has 1 aromatic rings. The van der Waals surface area contributed by atoms with E-state index in [0.717, 1.165) is 31.4 Å². The van der Waals surface area contributed by atoms with Crippen LogP contribution in [-0.4, -0.2) is 13.2 Å². The van der Waals surface area contributed by atoms with Crippen molar-refractivity contribution in [3.8, 4) is 5.75 Å². The van der Waals surface area contributed by atoms with E-state index in [2.05, 4.69) is 26.0 Å². The Kier molecular flexibility index (Phi) is 5.33. The van der Waals surface area contributed by atoms with E-state index >= 15 is 0 Å². The SMILES string of the molecule is CCC(N)CCCc1cc(C)ccc1OC. The van der Waals surface area contributed by atoms with E-state index < -0.39 is 0 Å². The molecule has 90 valence electrons. The zero-order valence-corrected chi connectivity index (χ0v) is 10.6. The molecule has 2 nitrogen and oxygen atoms in total. The summed E-state index contributed by atoms with van der Waals surface area (Å²) in [5, 5.41) is 0. The summed E-state index contributed by atoms with van der Waals surface area (Å²) in [4.78, 5) is 0. The third kappa shape index (κ3) is 3.86. The van der Waals surface area contributed by atoms with Gasteiger partial charge in [-0.1, -0.05) is 24.6 Å². The predicted molar refractivity (Wildman–Crippen MR) is 68.9 cm³/mol. The largest absolute Gasteiger partial charge is 0.496 e. The van der Waals surface area contributed by atoms with Crippen molar-refractivity contribution in [2.24, 2.45) is 5.73 Å². The number of hydrogen-bond acceptors (Lipinski definition) is 2. The number of hydrogen-bond donors (Lipinski definition) is 1. The average molecular weight is 221 g/mol. The Hall–Kier alpha value is -1.02. The van der Waals surface area contributed by atoms with E-state index in [9.17, 15) is 0 Å². The van der Waals surface area contributed by atoms with E-state index in [1.165, 1.54) is 11.1 Å². The molecule has 0 amide bonds. The van der Waals surface area contributed by atoms with Crippen molar-refractivity contribution in [1.29, 1.82) is 0 Å². The van der Waals surface area contributed by atoms with E-state index in [-0.39, 0.29) is 0 Å². The Bertz CT molecular complexity index is 323. The third-order valence-electron chi connectivity index (χ3n) is 2.98. The lowest BCUT2D eigenvalue weighted by molar-refractivity contribution is 0.408. The minimum atomic E-state index is 0.343. The smallest absolute Gasteiger partial charge is 0.122 e. The molecule has 1 unspecified atom stereocenters. The lowest BCUT2D eigenvalue weighted by Crippen LogP contribution is -2.18. The lowest BCUT2D eigenvalue weighted by Gasteiger charge is -2.11. The monoisotopic (exact) mass is 221 g/mol. The van der Waals surface area contributed by atoms with Gasteiger partial charge in [0.25, 0.3) is 0 Å². The van der Waals surface area contributed by atoms with Crippen LogP contribution in [0.4, 0.5) is 0 Å². The molecule has 2 N–H and O–H groups in total. The Morgan fingerprint density at radius 3 is 2.75 bits per heavy atom. The molecule has 0 aliphatic heterocycles. The van der Waals surface area contributed by atoms with Crippen LogP contribution in [0, 0.1) is 6.92 Å². The van der Waals surface area contributed by atoms with Gasteiger partial charge in [0.15, 0.2) is 0 Å². The van der Waals surface area contributed by atoms with Crippen LogP contribution >= 0.6 is 0 Å². The molecular weight excluding hydrogens is 198 g/mol. The van der Waals surface area contributed by atoms with Crippen LogP contribution in [0.25, 0.3) is 0 Å². The van der Waals surface area contributed by atoms with Gasteiger partial charge >= 0.3 is 0 Å². The van der Waals surface area contributed by atoms with Crippen LogP contribution < -0.4 is 10.5 Å². The highest BCUT2D eigenvalue weighted by Crippen LogP contribution is 2.21. The van der Waals surface area contributed by atoms with E-state index in [4.69, 9.17) is 10.5 Å². The summed E-state index contributed by atoms with van der Waals surface area (Å²) < 4.78 is 5.35. The van der Waals surface area contributed by atoms with Crippen molar-refractivity contribution in [2.45, 2.75) is 45.6 Å². The molecule has 0 heterocycles. The quantitative estimate of drug-likeness (QED) is 0.801. The van der Waals surface area contributed by atoms with Crippen molar-refractivity contribution in [3.05, 3.63) is 29.3 Å². The predicted octanol–water partition coefficient (Wildman–Crippen LogP) is 3.06. The van der Waals surface area contributed by atoms with Crippen LogP contribution in [0.1, 0.15) is 37.3 Å². The molecule has 0 radical (unpaired) electrons. The number of aryl methyl sites for hydroxylation is 2. The van der Waals surface area contributed by atoms with Gasteiger partial charge in [-0.05, 0) is 44.2 Å². The van der Waals surface area contributed by atoms with Crippen LogP contribution in [0.2, 0.25) is 0 Å². The van der Waals surface area contributed by atoms with Gasteiger partial charge in [0, 0.05) is 6.04 Å². The van der Waals surface area contributed by atoms with Crippen molar-refractivity contribution in [1.82, 2.24) is 0 Å². The molecule has 2 heteroatoms. The first kappa shape index (κ1) is 13.0. The number of benzene rings is 1. The fraction of sp³-hybridized carbons (Fsp3) is 0.571. The van der Waals surface area contributed by atoms with Crippen LogP contribution in [0.5, 0.6) is 5.75 Å². The Morgan fingerprint density at radius 2 is 2.12 bits per heavy atom. The highest BCUT2D eigenvalue weighted by molar-refractivity contribution is 5.36. The summed E-state index contributed by atoms with van der Waals surface area (Å²) >= 11 is 0. The fourth-order valence-electron chi connectivity index (χ4n) is 1.86. The maximum Gasteiger partial charge on any atom is 0.122 e. The topological polar surface area (TPSA) is 35.2 Å². The van der Waals surface area contributed by atoms with Gasteiger partial charge in [-0.2, -0.15) is 0 Å². The number of nitrogens with two attached hydrogens (primary N) is 1. The zero-order chi connectivity index (χ0) is 12.0. The number of methoxy groups -OCH3 is 1. The molecule has 1 aromatic carbocycles. The van der Waals surface area contributed by atoms with Crippen molar-refractivity contribution in [3.63, 3.8) is 0 Å². The summed E-state index contributed by atoms with van der Waals surface area (Å²) in [5.74, 6) is 0.996. The second kappa shape index (κ2) is 6.54. The molecule has 16 heavy (non-hydrogen) atoms. The third-order valence-corrected chi connectivity index (χ3v) is 2.98.